The average Bonchev–Trinajstić information content (AvgIpc) is 3.67. The predicted molar refractivity (Wildman–Crippen MR) is 157 cm³/mol. The van der Waals surface area contributed by atoms with E-state index in [1.165, 1.54) is 7.11 Å². The Hall–Kier alpha value is -4.20. The average molecular weight is 538 g/mol. The lowest BCUT2D eigenvalue weighted by Gasteiger charge is -2.17. The molecule has 0 amide bonds. The van der Waals surface area contributed by atoms with Gasteiger partial charge in [-0.15, -0.1) is 0 Å². The van der Waals surface area contributed by atoms with E-state index in [0.717, 1.165) is 79.8 Å². The number of nitrogens with zero attached hydrogens (tertiary/aromatic N) is 3. The smallest absolute Gasteiger partial charge is 0.305 e. The van der Waals surface area contributed by atoms with E-state index in [4.69, 9.17) is 25.4 Å². The predicted octanol–water partition coefficient (Wildman–Crippen LogP) is 5.53. The second-order valence-electron chi connectivity index (χ2n) is 11.1. The maximum atomic E-state index is 12.1. The third kappa shape index (κ3) is 3.88. The van der Waals surface area contributed by atoms with Gasteiger partial charge in [-0.2, -0.15) is 0 Å². The highest BCUT2D eigenvalue weighted by atomic mass is 16.5. The number of rotatable bonds is 4. The lowest BCUT2D eigenvalue weighted by atomic mass is 9.86. The molecule has 0 radical (unpaired) electrons. The molecule has 206 valence electrons. The summed E-state index contributed by atoms with van der Waals surface area (Å²) in [6.45, 7) is 10.4. The number of carbonyl (C=O) groups excluding carboxylic acids is 1. The Labute approximate surface area is 234 Å². The minimum absolute atomic E-state index is 0.0195. The Bertz CT molecular complexity index is 1630. The van der Waals surface area contributed by atoms with Crippen molar-refractivity contribution in [3.05, 3.63) is 91.6 Å². The fraction of sp³-hybridized carbons (Fsp3) is 0.375. The molecule has 0 spiro atoms. The van der Waals surface area contributed by atoms with Gasteiger partial charge in [-0.3, -0.25) is 4.79 Å². The zero-order valence-corrected chi connectivity index (χ0v) is 23.9. The molecular weight excluding hydrogens is 502 g/mol. The van der Waals surface area contributed by atoms with Crippen LogP contribution < -0.4 is 11.1 Å². The maximum Gasteiger partial charge on any atom is 0.305 e. The third-order valence-electron chi connectivity index (χ3n) is 8.99. The van der Waals surface area contributed by atoms with Crippen molar-refractivity contribution in [2.75, 3.05) is 7.11 Å². The molecular formula is C32H35N5O3. The van der Waals surface area contributed by atoms with Crippen molar-refractivity contribution in [3.8, 4) is 0 Å². The van der Waals surface area contributed by atoms with Crippen LogP contribution in [-0.4, -0.2) is 35.3 Å². The third-order valence-corrected chi connectivity index (χ3v) is 8.99. The van der Waals surface area contributed by atoms with Crippen molar-refractivity contribution in [2.45, 2.75) is 60.3 Å². The van der Waals surface area contributed by atoms with Crippen molar-refractivity contribution in [1.82, 2.24) is 5.32 Å². The molecule has 0 saturated carbocycles. The summed E-state index contributed by atoms with van der Waals surface area (Å²) in [5, 5.41) is 14.8. The normalized spacial score (nSPS) is 25.4. The van der Waals surface area contributed by atoms with Gasteiger partial charge in [-0.25, -0.2) is 15.0 Å². The molecule has 5 heterocycles. The topological polar surface area (TPSA) is 122 Å². The van der Waals surface area contributed by atoms with Crippen molar-refractivity contribution < 1.29 is 14.6 Å². The molecule has 0 aromatic heterocycles. The number of hydrogen-bond acceptors (Lipinski definition) is 8. The van der Waals surface area contributed by atoms with Crippen LogP contribution in [0.3, 0.4) is 0 Å². The van der Waals surface area contributed by atoms with Crippen LogP contribution in [0.5, 0.6) is 0 Å². The van der Waals surface area contributed by atoms with Gasteiger partial charge in [0, 0.05) is 47.2 Å². The van der Waals surface area contributed by atoms with Crippen LogP contribution in [-0.2, 0) is 9.53 Å². The van der Waals surface area contributed by atoms with E-state index >= 15 is 0 Å². The van der Waals surface area contributed by atoms with Gasteiger partial charge < -0.3 is 20.9 Å². The highest BCUT2D eigenvalue weighted by Gasteiger charge is 2.41. The van der Waals surface area contributed by atoms with Gasteiger partial charge in [0.15, 0.2) is 0 Å². The van der Waals surface area contributed by atoms with Gasteiger partial charge in [0.1, 0.15) is 5.76 Å². The summed E-state index contributed by atoms with van der Waals surface area (Å²) in [7, 11) is 1.42. The fourth-order valence-electron chi connectivity index (χ4n) is 6.50. The second-order valence-corrected chi connectivity index (χ2v) is 11.1. The van der Waals surface area contributed by atoms with E-state index in [2.05, 4.69) is 32.2 Å². The number of hydrogen-bond donors (Lipinski definition) is 3. The fourth-order valence-corrected chi connectivity index (χ4v) is 6.50. The number of esters is 1. The van der Waals surface area contributed by atoms with Gasteiger partial charge in [0.25, 0.3) is 0 Å². The number of ether oxygens (including phenoxy) is 1. The quantitative estimate of drug-likeness (QED) is 0.407. The summed E-state index contributed by atoms with van der Waals surface area (Å²) >= 11 is 0. The Morgan fingerprint density at radius 3 is 2.52 bits per heavy atom. The summed E-state index contributed by atoms with van der Waals surface area (Å²) in [5.74, 6) is 0.183. The van der Waals surface area contributed by atoms with E-state index < -0.39 is 0 Å². The van der Waals surface area contributed by atoms with E-state index in [1.807, 2.05) is 26.0 Å². The summed E-state index contributed by atoms with van der Waals surface area (Å²) in [4.78, 5) is 27.1. The number of allylic oxidation sites excluding steroid dienone is 11. The first kappa shape index (κ1) is 26.0. The van der Waals surface area contributed by atoms with Gasteiger partial charge in [-0.05, 0) is 74.1 Å². The zero-order chi connectivity index (χ0) is 28.5. The first-order valence-corrected chi connectivity index (χ1v) is 13.9. The minimum atomic E-state index is -0.238. The minimum Gasteiger partial charge on any atom is -0.511 e. The molecule has 1 aliphatic carbocycles. The van der Waals surface area contributed by atoms with Gasteiger partial charge in [0.2, 0.25) is 0 Å². The lowest BCUT2D eigenvalue weighted by Crippen LogP contribution is -2.16. The van der Waals surface area contributed by atoms with Crippen LogP contribution in [0.15, 0.2) is 107 Å². The van der Waals surface area contributed by atoms with Crippen LogP contribution in [0.4, 0.5) is 0 Å². The molecule has 1 fully saturated rings. The Morgan fingerprint density at radius 1 is 1.07 bits per heavy atom. The van der Waals surface area contributed by atoms with E-state index in [0.29, 0.717) is 36.4 Å². The molecule has 0 aromatic rings. The van der Waals surface area contributed by atoms with Crippen molar-refractivity contribution in [1.29, 1.82) is 0 Å². The SMILES string of the molecule is CCC1=C(C)C2=NC1=CC1=C(C)C3=C(O)CC(=C4NC(=CC5=NC(=C2)C(N)=C5C)[C@@H](C)[C@@H]4CCC(=O)OC)C3=N1. The molecule has 1 saturated heterocycles. The van der Waals surface area contributed by atoms with Crippen molar-refractivity contribution >= 4 is 23.1 Å². The monoisotopic (exact) mass is 537 g/mol. The number of aliphatic hydroxyl groups excluding tert-OH is 1. The van der Waals surface area contributed by atoms with Crippen LogP contribution >= 0.6 is 0 Å². The lowest BCUT2D eigenvalue weighted by molar-refractivity contribution is -0.140. The summed E-state index contributed by atoms with van der Waals surface area (Å²) < 4.78 is 4.95. The first-order valence-electron chi connectivity index (χ1n) is 13.9. The maximum absolute atomic E-state index is 12.1. The number of carbonyl (C=O) groups is 1. The van der Waals surface area contributed by atoms with E-state index in [1.54, 1.807) is 0 Å². The van der Waals surface area contributed by atoms with Crippen LogP contribution in [0.1, 0.15) is 60.3 Å². The van der Waals surface area contributed by atoms with Crippen LogP contribution in [0.25, 0.3) is 0 Å². The van der Waals surface area contributed by atoms with E-state index in [9.17, 15) is 9.90 Å². The molecule has 8 heteroatoms. The summed E-state index contributed by atoms with van der Waals surface area (Å²) in [5.41, 5.74) is 19.9. The molecule has 2 atom stereocenters. The number of aliphatic hydroxyl groups is 1. The first-order chi connectivity index (χ1) is 19.1. The molecule has 4 N–H and O–H groups in total. The number of nitrogens with one attached hydrogen (secondary N) is 1. The Kier molecular flexibility index (Phi) is 6.16. The van der Waals surface area contributed by atoms with E-state index in [-0.39, 0.29) is 17.8 Å². The highest BCUT2D eigenvalue weighted by Crippen LogP contribution is 2.46. The molecule has 8 bridgehead atoms. The Morgan fingerprint density at radius 2 is 1.80 bits per heavy atom. The molecule has 5 aliphatic heterocycles. The highest BCUT2D eigenvalue weighted by molar-refractivity contribution is 6.21. The van der Waals surface area contributed by atoms with Crippen LogP contribution in [0.2, 0.25) is 0 Å². The number of methoxy groups -OCH3 is 1. The van der Waals surface area contributed by atoms with Crippen molar-refractivity contribution in [2.24, 2.45) is 32.5 Å². The number of fused-ring (bicyclic) bond motifs is 5. The van der Waals surface area contributed by atoms with Crippen molar-refractivity contribution in [3.63, 3.8) is 0 Å². The molecule has 0 unspecified atom stereocenters. The largest absolute Gasteiger partial charge is 0.511 e. The molecule has 0 aromatic carbocycles. The summed E-state index contributed by atoms with van der Waals surface area (Å²) in [6, 6.07) is 0. The van der Waals surface area contributed by atoms with Gasteiger partial charge >= 0.3 is 5.97 Å². The van der Waals surface area contributed by atoms with Gasteiger partial charge in [-0.1, -0.05) is 13.8 Å². The van der Waals surface area contributed by atoms with Crippen LogP contribution in [0, 0.1) is 11.8 Å². The molecule has 6 aliphatic rings. The number of aliphatic imine (C=N–C) groups is 3. The second kappa shape index (κ2) is 9.47. The Balaban J connectivity index is 1.58. The molecule has 40 heavy (non-hydrogen) atoms. The standard InChI is InChI=1S/C32H35N5O3/c1-7-18-14(2)21-13-26-30(33)17(5)24(35-26)11-22-15(3)19(8-9-28(39)40-6)31(36-22)20-10-27(38)29-16(4)23(37-32(20)29)12-25(18)34-21/h11-13,15,19,36,38H,7-10,33H2,1-6H3/t15-,19-/m0/s1. The number of nitrogens with two attached hydrogens (primary N) is 1. The zero-order valence-electron chi connectivity index (χ0n) is 23.9. The summed E-state index contributed by atoms with van der Waals surface area (Å²) in [6.07, 6.45) is 8.20. The molecule has 6 rings (SSSR count). The van der Waals surface area contributed by atoms with Gasteiger partial charge in [0.05, 0.1) is 47.0 Å². The molecule has 8 nitrogen and oxygen atoms in total.